The quantitative estimate of drug-likeness (QED) is 0.618. The van der Waals surface area contributed by atoms with E-state index in [9.17, 15) is 13.6 Å². The normalized spacial score (nSPS) is 10.5. The highest BCUT2D eigenvalue weighted by molar-refractivity contribution is 6.30. The van der Waals surface area contributed by atoms with E-state index in [-0.39, 0.29) is 10.6 Å². The smallest absolute Gasteiger partial charge is 0.197 e. The maximum absolute atomic E-state index is 13.7. The summed E-state index contributed by atoms with van der Waals surface area (Å²) in [5.41, 5.74) is -0.282. The molecular weight excluding hydrogens is 300 g/mol. The van der Waals surface area contributed by atoms with E-state index in [1.165, 1.54) is 18.5 Å². The molecule has 0 amide bonds. The minimum atomic E-state index is -0.883. The molecule has 0 radical (unpaired) electrons. The number of aromatic nitrogens is 1. The van der Waals surface area contributed by atoms with Crippen LogP contribution in [0.5, 0.6) is 5.75 Å². The number of ether oxygens (including phenoxy) is 1. The summed E-state index contributed by atoms with van der Waals surface area (Å²) in [7, 11) is 0. The Morgan fingerprint density at radius 3 is 2.71 bits per heavy atom. The second kappa shape index (κ2) is 6.63. The summed E-state index contributed by atoms with van der Waals surface area (Å²) in [4.78, 5) is 16.1. The summed E-state index contributed by atoms with van der Waals surface area (Å²) in [5.74, 6) is -2.02. The van der Waals surface area contributed by atoms with Crippen LogP contribution in [0.3, 0.4) is 0 Å². The van der Waals surface area contributed by atoms with E-state index >= 15 is 0 Å². The van der Waals surface area contributed by atoms with E-state index < -0.39 is 23.0 Å². The zero-order chi connectivity index (χ0) is 15.4. The maximum Gasteiger partial charge on any atom is 0.197 e. The standard InChI is InChI=1S/C15H12ClF2NO2/c1-2-3-21-10-4-9(7-19-8-10)15(20)11-5-14(18)12(16)6-13(11)17/h4-8H,2-3H2,1H3. The van der Waals surface area contributed by atoms with Crippen molar-refractivity contribution in [1.82, 2.24) is 4.98 Å². The van der Waals surface area contributed by atoms with Crippen LogP contribution in [0.25, 0.3) is 0 Å². The van der Waals surface area contributed by atoms with Gasteiger partial charge >= 0.3 is 0 Å². The van der Waals surface area contributed by atoms with Crippen molar-refractivity contribution < 1.29 is 18.3 Å². The van der Waals surface area contributed by atoms with Crippen molar-refractivity contribution in [3.63, 3.8) is 0 Å². The van der Waals surface area contributed by atoms with Gasteiger partial charge in [-0.2, -0.15) is 0 Å². The Kier molecular flexibility index (Phi) is 4.85. The number of hydrogen-bond donors (Lipinski definition) is 0. The fourth-order valence-electron chi connectivity index (χ4n) is 1.69. The monoisotopic (exact) mass is 311 g/mol. The van der Waals surface area contributed by atoms with Crippen molar-refractivity contribution in [2.24, 2.45) is 0 Å². The number of nitrogens with zero attached hydrogens (tertiary/aromatic N) is 1. The number of pyridine rings is 1. The lowest BCUT2D eigenvalue weighted by Gasteiger charge is -2.07. The van der Waals surface area contributed by atoms with E-state index in [4.69, 9.17) is 16.3 Å². The predicted molar refractivity (Wildman–Crippen MR) is 74.8 cm³/mol. The van der Waals surface area contributed by atoms with Gasteiger partial charge < -0.3 is 4.74 Å². The average molecular weight is 312 g/mol. The zero-order valence-electron chi connectivity index (χ0n) is 11.2. The number of halogens is 3. The zero-order valence-corrected chi connectivity index (χ0v) is 12.0. The van der Waals surface area contributed by atoms with Gasteiger partial charge in [0, 0.05) is 11.8 Å². The highest BCUT2D eigenvalue weighted by Crippen LogP contribution is 2.22. The number of benzene rings is 1. The molecule has 0 aliphatic rings. The first-order valence-corrected chi connectivity index (χ1v) is 6.67. The van der Waals surface area contributed by atoms with Gasteiger partial charge in [0.1, 0.15) is 17.4 Å². The van der Waals surface area contributed by atoms with E-state index in [2.05, 4.69) is 4.98 Å². The van der Waals surface area contributed by atoms with Crippen LogP contribution in [-0.4, -0.2) is 17.4 Å². The molecule has 0 spiro atoms. The molecular formula is C15H12ClF2NO2. The first-order valence-electron chi connectivity index (χ1n) is 6.30. The molecule has 0 bridgehead atoms. The van der Waals surface area contributed by atoms with Gasteiger partial charge in [-0.1, -0.05) is 18.5 Å². The van der Waals surface area contributed by atoms with Crippen LogP contribution >= 0.6 is 11.6 Å². The Hall–Kier alpha value is -2.01. The number of rotatable bonds is 5. The highest BCUT2D eigenvalue weighted by atomic mass is 35.5. The van der Waals surface area contributed by atoms with Gasteiger partial charge in [-0.25, -0.2) is 8.78 Å². The molecule has 0 fully saturated rings. The van der Waals surface area contributed by atoms with Crippen LogP contribution in [0.4, 0.5) is 8.78 Å². The van der Waals surface area contributed by atoms with Gasteiger partial charge in [0.25, 0.3) is 0 Å². The topological polar surface area (TPSA) is 39.2 Å². The van der Waals surface area contributed by atoms with E-state index in [1.54, 1.807) is 0 Å². The molecule has 0 aliphatic carbocycles. The van der Waals surface area contributed by atoms with Crippen molar-refractivity contribution in [3.05, 3.63) is 58.4 Å². The number of ketones is 1. The minimum Gasteiger partial charge on any atom is -0.492 e. The summed E-state index contributed by atoms with van der Waals surface area (Å²) >= 11 is 5.46. The SMILES string of the molecule is CCCOc1cncc(C(=O)c2cc(F)c(Cl)cc2F)c1. The van der Waals surface area contributed by atoms with Crippen LogP contribution in [-0.2, 0) is 0 Å². The lowest BCUT2D eigenvalue weighted by molar-refractivity contribution is 0.103. The Labute approximate surface area is 125 Å². The molecule has 1 aromatic heterocycles. The Morgan fingerprint density at radius 2 is 2.00 bits per heavy atom. The highest BCUT2D eigenvalue weighted by Gasteiger charge is 2.18. The summed E-state index contributed by atoms with van der Waals surface area (Å²) < 4.78 is 32.5. The van der Waals surface area contributed by atoms with Gasteiger partial charge in [-0.05, 0) is 24.6 Å². The molecule has 0 saturated carbocycles. The number of hydrogen-bond acceptors (Lipinski definition) is 3. The molecule has 0 N–H and O–H groups in total. The van der Waals surface area contributed by atoms with Crippen LogP contribution in [0.2, 0.25) is 5.02 Å². The van der Waals surface area contributed by atoms with E-state index in [0.29, 0.717) is 12.4 Å². The van der Waals surface area contributed by atoms with Crippen LogP contribution < -0.4 is 4.74 Å². The molecule has 110 valence electrons. The Balaban J connectivity index is 2.34. The fourth-order valence-corrected chi connectivity index (χ4v) is 1.84. The summed E-state index contributed by atoms with van der Waals surface area (Å²) in [6, 6.07) is 2.99. The lowest BCUT2D eigenvalue weighted by Crippen LogP contribution is -2.06. The first kappa shape index (κ1) is 15.4. The number of carbonyl (C=O) groups excluding carboxylic acids is 1. The third-order valence-corrected chi connectivity index (χ3v) is 2.99. The van der Waals surface area contributed by atoms with Crippen molar-refractivity contribution in [2.75, 3.05) is 6.61 Å². The van der Waals surface area contributed by atoms with E-state index in [0.717, 1.165) is 18.6 Å². The van der Waals surface area contributed by atoms with Crippen molar-refractivity contribution in [1.29, 1.82) is 0 Å². The van der Waals surface area contributed by atoms with Crippen LogP contribution in [0, 0.1) is 11.6 Å². The third kappa shape index (κ3) is 3.55. The molecule has 1 aromatic carbocycles. The minimum absolute atomic E-state index is 0.115. The molecule has 6 heteroatoms. The molecule has 3 nitrogen and oxygen atoms in total. The van der Waals surface area contributed by atoms with Crippen LogP contribution in [0.1, 0.15) is 29.3 Å². The molecule has 1 heterocycles. The Morgan fingerprint density at radius 1 is 1.24 bits per heavy atom. The van der Waals surface area contributed by atoms with Crippen molar-refractivity contribution in [3.8, 4) is 5.75 Å². The lowest BCUT2D eigenvalue weighted by atomic mass is 10.0. The first-order chi connectivity index (χ1) is 10.0. The average Bonchev–Trinajstić information content (AvgIpc) is 2.48. The predicted octanol–water partition coefficient (Wildman–Crippen LogP) is 4.03. The fraction of sp³-hybridized carbons (Fsp3) is 0.200. The second-order valence-electron chi connectivity index (χ2n) is 4.33. The molecule has 0 aliphatic heterocycles. The molecule has 0 atom stereocenters. The largest absolute Gasteiger partial charge is 0.492 e. The molecule has 21 heavy (non-hydrogen) atoms. The van der Waals surface area contributed by atoms with Gasteiger partial charge in [-0.3, -0.25) is 9.78 Å². The summed E-state index contributed by atoms with van der Waals surface area (Å²) in [6.45, 7) is 2.41. The molecule has 0 saturated heterocycles. The molecule has 2 rings (SSSR count). The van der Waals surface area contributed by atoms with Crippen molar-refractivity contribution >= 4 is 17.4 Å². The number of carbonyl (C=O) groups is 1. The van der Waals surface area contributed by atoms with Gasteiger partial charge in [0.15, 0.2) is 5.78 Å². The summed E-state index contributed by atoms with van der Waals surface area (Å²) in [6.07, 6.45) is 3.52. The van der Waals surface area contributed by atoms with Crippen molar-refractivity contribution in [2.45, 2.75) is 13.3 Å². The molecule has 0 unspecified atom stereocenters. The maximum atomic E-state index is 13.7. The third-order valence-electron chi connectivity index (χ3n) is 2.70. The molecule has 2 aromatic rings. The van der Waals surface area contributed by atoms with Gasteiger partial charge in [-0.15, -0.1) is 0 Å². The van der Waals surface area contributed by atoms with Gasteiger partial charge in [0.2, 0.25) is 0 Å². The van der Waals surface area contributed by atoms with Gasteiger partial charge in [0.05, 0.1) is 23.4 Å². The Bertz CT molecular complexity index is 677. The summed E-state index contributed by atoms with van der Waals surface area (Å²) in [5, 5.41) is -0.373. The van der Waals surface area contributed by atoms with Crippen LogP contribution in [0.15, 0.2) is 30.6 Å². The second-order valence-corrected chi connectivity index (χ2v) is 4.74. The van der Waals surface area contributed by atoms with E-state index in [1.807, 2.05) is 6.92 Å².